The van der Waals surface area contributed by atoms with Crippen LogP contribution < -0.4 is 5.32 Å². The monoisotopic (exact) mass is 268 g/mol. The van der Waals surface area contributed by atoms with E-state index in [0.717, 1.165) is 57.2 Å². The third-order valence-corrected chi connectivity index (χ3v) is 3.18. The second kappa shape index (κ2) is 9.04. The molecule has 0 aliphatic rings. The molecular formula is C14H28N4O. The van der Waals surface area contributed by atoms with Crippen molar-refractivity contribution >= 4 is 0 Å². The van der Waals surface area contributed by atoms with E-state index in [1.54, 1.807) is 0 Å². The van der Waals surface area contributed by atoms with Gasteiger partial charge in [0.15, 0.2) is 5.82 Å². The van der Waals surface area contributed by atoms with Gasteiger partial charge in [-0.3, -0.25) is 0 Å². The zero-order valence-corrected chi connectivity index (χ0v) is 12.8. The molecule has 0 radical (unpaired) electrons. The Hall–Kier alpha value is -0.940. The highest BCUT2D eigenvalue weighted by Gasteiger charge is 2.07. The molecule has 0 unspecified atom stereocenters. The zero-order valence-electron chi connectivity index (χ0n) is 12.8. The van der Waals surface area contributed by atoms with E-state index in [1.165, 1.54) is 0 Å². The fraction of sp³-hybridized carbons (Fsp3) is 0.857. The van der Waals surface area contributed by atoms with Gasteiger partial charge in [-0.1, -0.05) is 32.9 Å². The third-order valence-electron chi connectivity index (χ3n) is 3.18. The molecule has 0 amide bonds. The van der Waals surface area contributed by atoms with Crippen molar-refractivity contribution in [2.45, 2.75) is 53.0 Å². The van der Waals surface area contributed by atoms with Gasteiger partial charge in [-0.05, 0) is 26.1 Å². The number of aryl methyl sites for hydroxylation is 1. The first-order chi connectivity index (χ1) is 9.15. The fourth-order valence-electron chi connectivity index (χ4n) is 1.92. The number of nitrogens with one attached hydrogen (secondary N) is 1. The molecule has 0 aromatic carbocycles. The quantitative estimate of drug-likeness (QED) is 0.657. The van der Waals surface area contributed by atoms with Gasteiger partial charge in [0, 0.05) is 25.4 Å². The number of likely N-dealkylation sites (N-methyl/N-ethyl adjacent to an activating group) is 1. The number of rotatable bonds is 10. The van der Waals surface area contributed by atoms with Gasteiger partial charge in [0.1, 0.15) is 0 Å². The number of aromatic nitrogens is 2. The van der Waals surface area contributed by atoms with E-state index >= 15 is 0 Å². The predicted octanol–water partition coefficient (Wildman–Crippen LogP) is 1.88. The Morgan fingerprint density at radius 1 is 1.21 bits per heavy atom. The number of nitrogens with zero attached hydrogens (tertiary/aromatic N) is 3. The molecule has 1 rings (SSSR count). The minimum Gasteiger partial charge on any atom is -0.339 e. The van der Waals surface area contributed by atoms with Crippen molar-refractivity contribution < 1.29 is 4.52 Å². The molecular weight excluding hydrogens is 240 g/mol. The molecule has 110 valence electrons. The van der Waals surface area contributed by atoms with Crippen molar-refractivity contribution in [1.82, 2.24) is 20.4 Å². The molecule has 0 fully saturated rings. The van der Waals surface area contributed by atoms with Gasteiger partial charge in [-0.25, -0.2) is 0 Å². The van der Waals surface area contributed by atoms with Crippen molar-refractivity contribution in [3.05, 3.63) is 11.7 Å². The van der Waals surface area contributed by atoms with E-state index < -0.39 is 0 Å². The standard InChI is InChI=1S/C14H28N4O/c1-5-18(6-2)11-9-13-16-14(19-17-13)8-7-10-15-12(3)4/h12,15H,5-11H2,1-4H3. The van der Waals surface area contributed by atoms with Gasteiger partial charge in [-0.15, -0.1) is 0 Å². The third kappa shape index (κ3) is 6.68. The Morgan fingerprint density at radius 3 is 2.58 bits per heavy atom. The van der Waals surface area contributed by atoms with Crippen LogP contribution in [0.4, 0.5) is 0 Å². The first-order valence-corrected chi connectivity index (χ1v) is 7.42. The Kier molecular flexibility index (Phi) is 7.67. The predicted molar refractivity (Wildman–Crippen MR) is 77.2 cm³/mol. The normalized spacial score (nSPS) is 11.7. The van der Waals surface area contributed by atoms with E-state index in [0.29, 0.717) is 6.04 Å². The molecule has 0 atom stereocenters. The summed E-state index contributed by atoms with van der Waals surface area (Å²) in [5, 5.41) is 7.42. The highest BCUT2D eigenvalue weighted by atomic mass is 16.5. The van der Waals surface area contributed by atoms with Crippen LogP contribution in [0.3, 0.4) is 0 Å². The minimum absolute atomic E-state index is 0.535. The highest BCUT2D eigenvalue weighted by molar-refractivity contribution is 4.87. The van der Waals surface area contributed by atoms with Crippen molar-refractivity contribution in [3.8, 4) is 0 Å². The molecule has 0 aliphatic carbocycles. The van der Waals surface area contributed by atoms with E-state index in [9.17, 15) is 0 Å². The van der Waals surface area contributed by atoms with Crippen LogP contribution in [0.15, 0.2) is 4.52 Å². The van der Waals surface area contributed by atoms with Gasteiger partial charge >= 0.3 is 0 Å². The Labute approximate surface area is 116 Å². The summed E-state index contributed by atoms with van der Waals surface area (Å²) >= 11 is 0. The van der Waals surface area contributed by atoms with E-state index in [1.807, 2.05) is 0 Å². The largest absolute Gasteiger partial charge is 0.339 e. The van der Waals surface area contributed by atoms with Crippen LogP contribution in [-0.2, 0) is 12.8 Å². The summed E-state index contributed by atoms with van der Waals surface area (Å²) in [5.74, 6) is 1.60. The molecule has 0 bridgehead atoms. The summed E-state index contributed by atoms with van der Waals surface area (Å²) < 4.78 is 5.26. The van der Waals surface area contributed by atoms with Crippen LogP contribution in [0.1, 0.15) is 45.8 Å². The first-order valence-electron chi connectivity index (χ1n) is 7.42. The molecule has 0 aliphatic heterocycles. The van der Waals surface area contributed by atoms with Gasteiger partial charge in [-0.2, -0.15) is 4.98 Å². The van der Waals surface area contributed by atoms with Crippen molar-refractivity contribution in [3.63, 3.8) is 0 Å². The van der Waals surface area contributed by atoms with Crippen LogP contribution in [0.5, 0.6) is 0 Å². The summed E-state index contributed by atoms with van der Waals surface area (Å²) in [4.78, 5) is 6.80. The molecule has 1 aromatic rings. The molecule has 5 heteroatoms. The average molecular weight is 268 g/mol. The van der Waals surface area contributed by atoms with Gasteiger partial charge < -0.3 is 14.7 Å². The topological polar surface area (TPSA) is 54.2 Å². The molecule has 0 spiro atoms. The molecule has 0 saturated heterocycles. The molecule has 0 saturated carbocycles. The van der Waals surface area contributed by atoms with Crippen LogP contribution >= 0.6 is 0 Å². The van der Waals surface area contributed by atoms with Gasteiger partial charge in [0.25, 0.3) is 0 Å². The second-order valence-corrected chi connectivity index (χ2v) is 5.09. The van der Waals surface area contributed by atoms with Crippen molar-refractivity contribution in [2.75, 3.05) is 26.2 Å². The Morgan fingerprint density at radius 2 is 1.95 bits per heavy atom. The average Bonchev–Trinajstić information content (AvgIpc) is 2.84. The number of hydrogen-bond donors (Lipinski definition) is 1. The molecule has 19 heavy (non-hydrogen) atoms. The Bertz CT molecular complexity index is 334. The zero-order chi connectivity index (χ0) is 14.1. The lowest BCUT2D eigenvalue weighted by Gasteiger charge is -2.16. The van der Waals surface area contributed by atoms with E-state index in [-0.39, 0.29) is 0 Å². The summed E-state index contributed by atoms with van der Waals surface area (Å²) in [7, 11) is 0. The Balaban J connectivity index is 2.24. The summed E-state index contributed by atoms with van der Waals surface area (Å²) in [6.45, 7) is 12.8. The number of hydrogen-bond acceptors (Lipinski definition) is 5. The van der Waals surface area contributed by atoms with Crippen molar-refractivity contribution in [2.24, 2.45) is 0 Å². The van der Waals surface area contributed by atoms with Gasteiger partial charge in [0.2, 0.25) is 5.89 Å². The maximum Gasteiger partial charge on any atom is 0.226 e. The van der Waals surface area contributed by atoms with Crippen LogP contribution in [0.25, 0.3) is 0 Å². The maximum atomic E-state index is 5.26. The molecule has 5 nitrogen and oxygen atoms in total. The first kappa shape index (κ1) is 16.1. The maximum absolute atomic E-state index is 5.26. The van der Waals surface area contributed by atoms with E-state index in [2.05, 4.69) is 48.1 Å². The second-order valence-electron chi connectivity index (χ2n) is 5.09. The summed E-state index contributed by atoms with van der Waals surface area (Å²) in [5.41, 5.74) is 0. The lowest BCUT2D eigenvalue weighted by molar-refractivity contribution is 0.302. The SMILES string of the molecule is CCN(CC)CCc1noc(CCCNC(C)C)n1. The highest BCUT2D eigenvalue weighted by Crippen LogP contribution is 2.02. The minimum atomic E-state index is 0.535. The van der Waals surface area contributed by atoms with E-state index in [4.69, 9.17) is 4.52 Å². The van der Waals surface area contributed by atoms with Crippen LogP contribution in [-0.4, -0.2) is 47.3 Å². The van der Waals surface area contributed by atoms with Crippen LogP contribution in [0, 0.1) is 0 Å². The lowest BCUT2D eigenvalue weighted by Crippen LogP contribution is -2.25. The molecule has 1 aromatic heterocycles. The van der Waals surface area contributed by atoms with Crippen LogP contribution in [0.2, 0.25) is 0 Å². The fourth-order valence-corrected chi connectivity index (χ4v) is 1.92. The smallest absolute Gasteiger partial charge is 0.226 e. The van der Waals surface area contributed by atoms with Crippen molar-refractivity contribution in [1.29, 1.82) is 0 Å². The molecule has 1 heterocycles. The lowest BCUT2D eigenvalue weighted by atomic mass is 10.3. The summed E-state index contributed by atoms with van der Waals surface area (Å²) in [6, 6.07) is 0.535. The summed E-state index contributed by atoms with van der Waals surface area (Å²) in [6.07, 6.45) is 2.77. The van der Waals surface area contributed by atoms with Gasteiger partial charge in [0.05, 0.1) is 0 Å². The molecule has 1 N–H and O–H groups in total.